The third-order valence-electron chi connectivity index (χ3n) is 4.10. The van der Waals surface area contributed by atoms with Crippen LogP contribution in [0.2, 0.25) is 0 Å². The van der Waals surface area contributed by atoms with Gasteiger partial charge in [-0.25, -0.2) is 0 Å². The zero-order valence-corrected chi connectivity index (χ0v) is 12.9. The molecule has 5 heteroatoms. The molecular weight excluding hydrogens is 276 g/mol. The summed E-state index contributed by atoms with van der Waals surface area (Å²) in [5.74, 6) is 0.146. The molecule has 116 valence electrons. The monoisotopic (exact) mass is 298 g/mol. The number of hydrogen-bond acceptors (Lipinski definition) is 3. The van der Waals surface area contributed by atoms with Gasteiger partial charge in [0.15, 0.2) is 0 Å². The summed E-state index contributed by atoms with van der Waals surface area (Å²) >= 11 is 0. The van der Waals surface area contributed by atoms with Gasteiger partial charge >= 0.3 is 0 Å². The van der Waals surface area contributed by atoms with Gasteiger partial charge in [-0.3, -0.25) is 9.48 Å². The van der Waals surface area contributed by atoms with Crippen molar-refractivity contribution in [2.75, 3.05) is 18.0 Å². The van der Waals surface area contributed by atoms with E-state index in [-0.39, 0.29) is 11.9 Å². The number of carbonyl (C=O) groups excluding carboxylic acids is 1. The molecule has 1 amide bonds. The largest absolute Gasteiger partial charge is 0.311 e. The van der Waals surface area contributed by atoms with Crippen LogP contribution < -0.4 is 10.2 Å². The van der Waals surface area contributed by atoms with Crippen LogP contribution in [-0.2, 0) is 17.8 Å². The standard InChI is InChI=1S/C17H22N4O/c1-14(18-10-13-20-11-5-9-19-20)17(22)21-12-4-7-15-6-2-3-8-16(15)21/h2-3,5-6,8-9,11,14,18H,4,7,10,12-13H2,1H3/t14-/m0/s1. The van der Waals surface area contributed by atoms with Crippen LogP contribution in [0, 0.1) is 0 Å². The Morgan fingerprint density at radius 1 is 1.36 bits per heavy atom. The third-order valence-corrected chi connectivity index (χ3v) is 4.10. The molecule has 5 nitrogen and oxygen atoms in total. The van der Waals surface area contributed by atoms with Gasteiger partial charge in [0.2, 0.25) is 5.91 Å². The molecule has 0 saturated heterocycles. The van der Waals surface area contributed by atoms with Crippen LogP contribution in [0.25, 0.3) is 0 Å². The van der Waals surface area contributed by atoms with Gasteiger partial charge in [0.05, 0.1) is 12.6 Å². The summed E-state index contributed by atoms with van der Waals surface area (Å²) in [5, 5.41) is 7.46. The van der Waals surface area contributed by atoms with Crippen LogP contribution in [0.4, 0.5) is 5.69 Å². The smallest absolute Gasteiger partial charge is 0.243 e. The average Bonchev–Trinajstić information content (AvgIpc) is 3.07. The van der Waals surface area contributed by atoms with Crippen LogP contribution in [-0.4, -0.2) is 34.8 Å². The fourth-order valence-corrected chi connectivity index (χ4v) is 2.91. The molecule has 1 aromatic carbocycles. The van der Waals surface area contributed by atoms with Crippen molar-refractivity contribution in [3.63, 3.8) is 0 Å². The number of benzene rings is 1. The van der Waals surface area contributed by atoms with Gasteiger partial charge in [-0.1, -0.05) is 18.2 Å². The van der Waals surface area contributed by atoms with Crippen molar-refractivity contribution >= 4 is 11.6 Å². The number of anilines is 1. The summed E-state index contributed by atoms with van der Waals surface area (Å²) in [5.41, 5.74) is 2.34. The third kappa shape index (κ3) is 3.20. The average molecular weight is 298 g/mol. The van der Waals surface area contributed by atoms with E-state index in [1.54, 1.807) is 6.20 Å². The second-order valence-electron chi connectivity index (χ2n) is 5.67. The Labute approximate surface area is 130 Å². The van der Waals surface area contributed by atoms with E-state index in [1.807, 2.05) is 47.0 Å². The Morgan fingerprint density at radius 3 is 3.05 bits per heavy atom. The minimum atomic E-state index is -0.193. The first-order chi connectivity index (χ1) is 10.8. The van der Waals surface area contributed by atoms with Crippen molar-refractivity contribution in [3.8, 4) is 0 Å². The van der Waals surface area contributed by atoms with E-state index in [2.05, 4.69) is 16.5 Å². The highest BCUT2D eigenvalue weighted by Gasteiger charge is 2.25. The number of hydrogen-bond donors (Lipinski definition) is 1. The zero-order chi connectivity index (χ0) is 15.4. The Bertz CT molecular complexity index is 623. The quantitative estimate of drug-likeness (QED) is 0.916. The highest BCUT2D eigenvalue weighted by atomic mass is 16.2. The molecule has 0 aliphatic carbocycles. The molecule has 1 N–H and O–H groups in total. The van der Waals surface area contributed by atoms with Gasteiger partial charge in [0, 0.05) is 31.2 Å². The van der Waals surface area contributed by atoms with E-state index >= 15 is 0 Å². The second kappa shape index (κ2) is 6.75. The number of para-hydroxylation sites is 1. The van der Waals surface area contributed by atoms with Gasteiger partial charge in [0.1, 0.15) is 0 Å². The summed E-state index contributed by atoms with van der Waals surface area (Å²) in [4.78, 5) is 14.6. The molecule has 0 bridgehead atoms. The second-order valence-corrected chi connectivity index (χ2v) is 5.67. The molecule has 0 radical (unpaired) electrons. The van der Waals surface area contributed by atoms with Gasteiger partial charge in [0.25, 0.3) is 0 Å². The van der Waals surface area contributed by atoms with Crippen molar-refractivity contribution in [2.45, 2.75) is 32.4 Å². The molecular formula is C17H22N4O. The van der Waals surface area contributed by atoms with Crippen LogP contribution in [0.15, 0.2) is 42.7 Å². The maximum Gasteiger partial charge on any atom is 0.243 e. The SMILES string of the molecule is C[C@H](NCCn1cccn1)C(=O)N1CCCc2ccccc21. The molecule has 0 saturated carbocycles. The normalized spacial score (nSPS) is 15.4. The Balaban J connectivity index is 1.59. The first kappa shape index (κ1) is 14.8. The Hall–Kier alpha value is -2.14. The first-order valence-electron chi connectivity index (χ1n) is 7.86. The number of rotatable bonds is 5. The Kier molecular flexibility index (Phi) is 4.53. The number of aryl methyl sites for hydroxylation is 1. The lowest BCUT2D eigenvalue weighted by Crippen LogP contribution is -2.47. The number of aromatic nitrogens is 2. The van der Waals surface area contributed by atoms with Crippen molar-refractivity contribution in [1.82, 2.24) is 15.1 Å². The lowest BCUT2D eigenvalue weighted by Gasteiger charge is -2.31. The summed E-state index contributed by atoms with van der Waals surface area (Å²) < 4.78 is 1.86. The molecule has 2 aromatic rings. The molecule has 3 rings (SSSR count). The summed E-state index contributed by atoms with van der Waals surface area (Å²) in [6, 6.07) is 9.91. The Morgan fingerprint density at radius 2 is 2.23 bits per heavy atom. The van der Waals surface area contributed by atoms with Crippen molar-refractivity contribution in [3.05, 3.63) is 48.3 Å². The first-order valence-corrected chi connectivity index (χ1v) is 7.86. The van der Waals surface area contributed by atoms with E-state index in [4.69, 9.17) is 0 Å². The van der Waals surface area contributed by atoms with Crippen LogP contribution in [0.3, 0.4) is 0 Å². The lowest BCUT2D eigenvalue weighted by atomic mass is 10.0. The molecule has 22 heavy (non-hydrogen) atoms. The number of nitrogens with one attached hydrogen (secondary N) is 1. The van der Waals surface area contributed by atoms with Gasteiger partial charge in [-0.15, -0.1) is 0 Å². The number of carbonyl (C=O) groups is 1. The van der Waals surface area contributed by atoms with Gasteiger partial charge < -0.3 is 10.2 Å². The van der Waals surface area contributed by atoms with E-state index < -0.39 is 0 Å². The molecule has 0 fully saturated rings. The summed E-state index contributed by atoms with van der Waals surface area (Å²) in [6.07, 6.45) is 5.78. The number of amides is 1. The van der Waals surface area contributed by atoms with Crippen molar-refractivity contribution in [2.24, 2.45) is 0 Å². The lowest BCUT2D eigenvalue weighted by molar-refractivity contribution is -0.120. The van der Waals surface area contributed by atoms with E-state index in [0.717, 1.165) is 38.2 Å². The number of nitrogens with zero attached hydrogens (tertiary/aromatic N) is 3. The minimum Gasteiger partial charge on any atom is -0.311 e. The fourth-order valence-electron chi connectivity index (χ4n) is 2.91. The van der Waals surface area contributed by atoms with Crippen molar-refractivity contribution < 1.29 is 4.79 Å². The predicted molar refractivity (Wildman–Crippen MR) is 86.8 cm³/mol. The van der Waals surface area contributed by atoms with Crippen LogP contribution in [0.5, 0.6) is 0 Å². The maximum atomic E-state index is 12.7. The molecule has 0 unspecified atom stereocenters. The summed E-state index contributed by atoms with van der Waals surface area (Å²) in [7, 11) is 0. The highest BCUT2D eigenvalue weighted by molar-refractivity contribution is 5.97. The summed E-state index contributed by atoms with van der Waals surface area (Å²) in [6.45, 7) is 4.23. The zero-order valence-electron chi connectivity index (χ0n) is 12.9. The molecule has 1 aromatic heterocycles. The maximum absolute atomic E-state index is 12.7. The minimum absolute atomic E-state index is 0.146. The molecule has 1 aliphatic rings. The van der Waals surface area contributed by atoms with E-state index in [1.165, 1.54) is 5.56 Å². The van der Waals surface area contributed by atoms with E-state index in [0.29, 0.717) is 0 Å². The molecule has 2 heterocycles. The molecule has 1 aliphatic heterocycles. The van der Waals surface area contributed by atoms with Crippen LogP contribution >= 0.6 is 0 Å². The van der Waals surface area contributed by atoms with E-state index in [9.17, 15) is 4.79 Å². The molecule has 0 spiro atoms. The fraction of sp³-hybridized carbons (Fsp3) is 0.412. The van der Waals surface area contributed by atoms with Gasteiger partial charge in [-0.05, 0) is 37.5 Å². The van der Waals surface area contributed by atoms with Gasteiger partial charge in [-0.2, -0.15) is 5.10 Å². The molecule has 1 atom stereocenters. The number of fused-ring (bicyclic) bond motifs is 1. The highest BCUT2D eigenvalue weighted by Crippen LogP contribution is 2.27. The topological polar surface area (TPSA) is 50.2 Å². The predicted octanol–water partition coefficient (Wildman–Crippen LogP) is 1.84. The van der Waals surface area contributed by atoms with Crippen molar-refractivity contribution in [1.29, 1.82) is 0 Å². The van der Waals surface area contributed by atoms with Crippen LogP contribution in [0.1, 0.15) is 18.9 Å².